The Labute approximate surface area is 50.9 Å². The molecule has 5 heteroatoms. The lowest BCUT2D eigenvalue weighted by molar-refractivity contribution is 0.973. The van der Waals surface area contributed by atoms with Crippen molar-refractivity contribution < 1.29 is 0 Å². The zero-order valence-corrected chi connectivity index (χ0v) is 4.98. The minimum absolute atomic E-state index is 0.537. The van der Waals surface area contributed by atoms with E-state index in [2.05, 4.69) is 15.2 Å². The number of hydrogen-bond donors (Lipinski definition) is 2. The third-order valence-electron chi connectivity index (χ3n) is 0.613. The summed E-state index contributed by atoms with van der Waals surface area (Å²) < 4.78 is 0. The molecule has 8 heavy (non-hydrogen) atoms. The highest BCUT2D eigenvalue weighted by Gasteiger charge is 1.89. The SMILES string of the molecule is NCSc1ncn[nH]1. The van der Waals surface area contributed by atoms with Crippen LogP contribution >= 0.6 is 11.8 Å². The predicted octanol–water partition coefficient (Wildman–Crippen LogP) is -0.187. The van der Waals surface area contributed by atoms with E-state index >= 15 is 0 Å². The first-order valence-corrected chi connectivity index (χ1v) is 3.10. The molecule has 0 aromatic carbocycles. The van der Waals surface area contributed by atoms with Crippen LogP contribution < -0.4 is 5.73 Å². The van der Waals surface area contributed by atoms with Gasteiger partial charge in [-0.15, -0.1) is 0 Å². The van der Waals surface area contributed by atoms with Gasteiger partial charge in [-0.05, 0) is 0 Å². The standard InChI is InChI=1S/C3H6N4S/c4-1-8-3-5-2-6-7-3/h2H,1,4H2,(H,5,6,7). The van der Waals surface area contributed by atoms with E-state index in [9.17, 15) is 0 Å². The van der Waals surface area contributed by atoms with Crippen LogP contribution in [0.25, 0.3) is 0 Å². The number of hydrogen-bond acceptors (Lipinski definition) is 4. The zero-order valence-electron chi connectivity index (χ0n) is 4.16. The summed E-state index contributed by atoms with van der Waals surface area (Å²) in [7, 11) is 0. The van der Waals surface area contributed by atoms with Crippen LogP contribution in [-0.2, 0) is 0 Å². The summed E-state index contributed by atoms with van der Waals surface area (Å²) in [5.74, 6) is 0.537. The van der Waals surface area contributed by atoms with Crippen LogP contribution in [0.5, 0.6) is 0 Å². The fraction of sp³-hybridized carbons (Fsp3) is 0.333. The zero-order chi connectivity index (χ0) is 5.82. The Bertz CT molecular complexity index is 137. The molecule has 4 nitrogen and oxygen atoms in total. The maximum atomic E-state index is 5.19. The summed E-state index contributed by atoms with van der Waals surface area (Å²) in [4.78, 5) is 3.82. The molecule has 0 saturated carbocycles. The summed E-state index contributed by atoms with van der Waals surface area (Å²) in [5.41, 5.74) is 5.19. The number of aromatic nitrogens is 3. The van der Waals surface area contributed by atoms with Gasteiger partial charge in [0.05, 0.1) is 0 Å². The van der Waals surface area contributed by atoms with Gasteiger partial charge in [0.2, 0.25) is 0 Å². The van der Waals surface area contributed by atoms with Gasteiger partial charge in [-0.1, -0.05) is 11.8 Å². The molecule has 0 fully saturated rings. The van der Waals surface area contributed by atoms with Gasteiger partial charge in [0, 0.05) is 5.88 Å². The molecule has 0 unspecified atom stereocenters. The molecule has 1 rings (SSSR count). The van der Waals surface area contributed by atoms with Gasteiger partial charge in [-0.2, -0.15) is 5.10 Å². The van der Waals surface area contributed by atoms with Gasteiger partial charge in [-0.25, -0.2) is 4.98 Å². The number of aromatic amines is 1. The van der Waals surface area contributed by atoms with Crippen LogP contribution in [-0.4, -0.2) is 21.1 Å². The number of nitrogens with one attached hydrogen (secondary N) is 1. The van der Waals surface area contributed by atoms with Gasteiger partial charge in [0.25, 0.3) is 0 Å². The topological polar surface area (TPSA) is 67.6 Å². The second-order valence-corrected chi connectivity index (χ2v) is 2.11. The van der Waals surface area contributed by atoms with Crippen molar-refractivity contribution in [2.75, 3.05) is 5.88 Å². The fourth-order valence-corrected chi connectivity index (χ4v) is 0.740. The van der Waals surface area contributed by atoms with E-state index in [1.54, 1.807) is 0 Å². The van der Waals surface area contributed by atoms with Gasteiger partial charge >= 0.3 is 0 Å². The quantitative estimate of drug-likeness (QED) is 0.430. The van der Waals surface area contributed by atoms with E-state index in [1.165, 1.54) is 18.1 Å². The lowest BCUT2D eigenvalue weighted by atomic mass is 11.3. The number of nitrogens with two attached hydrogens (primary N) is 1. The van der Waals surface area contributed by atoms with Crippen LogP contribution in [0.2, 0.25) is 0 Å². The first kappa shape index (κ1) is 5.58. The van der Waals surface area contributed by atoms with Gasteiger partial charge in [0.15, 0.2) is 5.16 Å². The lowest BCUT2D eigenvalue weighted by Gasteiger charge is -1.84. The van der Waals surface area contributed by atoms with E-state index < -0.39 is 0 Å². The minimum Gasteiger partial charge on any atom is -0.322 e. The van der Waals surface area contributed by atoms with Crippen LogP contribution in [0, 0.1) is 0 Å². The monoisotopic (exact) mass is 130 g/mol. The van der Waals surface area contributed by atoms with Crippen molar-refractivity contribution in [3.05, 3.63) is 6.33 Å². The molecule has 1 aromatic heterocycles. The summed E-state index contributed by atoms with van der Waals surface area (Å²) in [6.07, 6.45) is 1.46. The first-order chi connectivity index (χ1) is 3.93. The van der Waals surface area contributed by atoms with E-state index in [4.69, 9.17) is 5.73 Å². The van der Waals surface area contributed by atoms with Gasteiger partial charge < -0.3 is 5.73 Å². The Morgan fingerprint density at radius 1 is 1.88 bits per heavy atom. The minimum atomic E-state index is 0.537. The third kappa shape index (κ3) is 1.21. The number of H-pyrrole nitrogens is 1. The van der Waals surface area contributed by atoms with Crippen molar-refractivity contribution >= 4 is 11.8 Å². The van der Waals surface area contributed by atoms with Crippen molar-refractivity contribution in [1.82, 2.24) is 15.2 Å². The van der Waals surface area contributed by atoms with Crippen LogP contribution in [0.1, 0.15) is 0 Å². The van der Waals surface area contributed by atoms with E-state index in [-0.39, 0.29) is 0 Å². The van der Waals surface area contributed by atoms with Gasteiger partial charge in [0.1, 0.15) is 6.33 Å². The summed E-state index contributed by atoms with van der Waals surface area (Å²) in [6.45, 7) is 0. The van der Waals surface area contributed by atoms with Crippen LogP contribution in [0.4, 0.5) is 0 Å². The number of thioether (sulfide) groups is 1. The average Bonchev–Trinajstić information content (AvgIpc) is 2.19. The summed E-state index contributed by atoms with van der Waals surface area (Å²) >= 11 is 1.43. The Hall–Kier alpha value is -0.550. The molecular weight excluding hydrogens is 124 g/mol. The second kappa shape index (κ2) is 2.68. The maximum absolute atomic E-state index is 5.19. The van der Waals surface area contributed by atoms with E-state index in [1.807, 2.05) is 0 Å². The highest BCUT2D eigenvalue weighted by Crippen LogP contribution is 2.05. The molecule has 1 heterocycles. The highest BCUT2D eigenvalue weighted by atomic mass is 32.2. The molecule has 0 saturated heterocycles. The third-order valence-corrected chi connectivity index (χ3v) is 1.25. The van der Waals surface area contributed by atoms with Crippen LogP contribution in [0.3, 0.4) is 0 Å². The molecular formula is C3H6N4S. The van der Waals surface area contributed by atoms with E-state index in [0.717, 1.165) is 5.16 Å². The Morgan fingerprint density at radius 2 is 2.75 bits per heavy atom. The Balaban J connectivity index is 2.50. The highest BCUT2D eigenvalue weighted by molar-refractivity contribution is 7.99. The molecule has 3 N–H and O–H groups in total. The number of nitrogens with zero attached hydrogens (tertiary/aromatic N) is 2. The molecule has 0 bridgehead atoms. The molecule has 0 spiro atoms. The van der Waals surface area contributed by atoms with Crippen molar-refractivity contribution in [3.8, 4) is 0 Å². The largest absolute Gasteiger partial charge is 0.322 e. The average molecular weight is 130 g/mol. The lowest BCUT2D eigenvalue weighted by Crippen LogP contribution is -1.92. The smallest absolute Gasteiger partial charge is 0.184 e. The van der Waals surface area contributed by atoms with Crippen LogP contribution in [0.15, 0.2) is 11.5 Å². The molecule has 44 valence electrons. The molecule has 0 atom stereocenters. The summed E-state index contributed by atoms with van der Waals surface area (Å²) in [6, 6.07) is 0. The Morgan fingerprint density at radius 3 is 3.25 bits per heavy atom. The molecule has 0 aliphatic heterocycles. The second-order valence-electron chi connectivity index (χ2n) is 1.10. The number of rotatable bonds is 2. The predicted molar refractivity (Wildman–Crippen MR) is 31.3 cm³/mol. The normalized spacial score (nSPS) is 9.62. The van der Waals surface area contributed by atoms with Crippen molar-refractivity contribution in [2.45, 2.75) is 5.16 Å². The molecule has 0 aliphatic rings. The maximum Gasteiger partial charge on any atom is 0.184 e. The molecule has 1 aromatic rings. The fourth-order valence-electron chi connectivity index (χ4n) is 0.343. The van der Waals surface area contributed by atoms with E-state index in [0.29, 0.717) is 5.88 Å². The van der Waals surface area contributed by atoms with Crippen molar-refractivity contribution in [2.24, 2.45) is 5.73 Å². The molecule has 0 amide bonds. The molecule has 0 aliphatic carbocycles. The summed E-state index contributed by atoms with van der Waals surface area (Å²) in [5, 5.41) is 7.06. The van der Waals surface area contributed by atoms with Gasteiger partial charge in [-0.3, -0.25) is 5.10 Å². The first-order valence-electron chi connectivity index (χ1n) is 2.11. The van der Waals surface area contributed by atoms with Crippen molar-refractivity contribution in [3.63, 3.8) is 0 Å². The van der Waals surface area contributed by atoms with Crippen molar-refractivity contribution in [1.29, 1.82) is 0 Å². The Kier molecular flexibility index (Phi) is 1.87. The molecule has 0 radical (unpaired) electrons.